The maximum absolute atomic E-state index is 11.3. The van der Waals surface area contributed by atoms with Crippen LogP contribution in [0.15, 0.2) is 0 Å². The zero-order valence-electron chi connectivity index (χ0n) is 8.58. The van der Waals surface area contributed by atoms with Gasteiger partial charge in [0.25, 0.3) is 0 Å². The lowest BCUT2D eigenvalue weighted by Gasteiger charge is -2.20. The number of hydrogen-bond acceptors (Lipinski definition) is 2. The highest BCUT2D eigenvalue weighted by Gasteiger charge is 2.21. The van der Waals surface area contributed by atoms with Crippen LogP contribution in [0.1, 0.15) is 33.1 Å². The summed E-state index contributed by atoms with van der Waals surface area (Å²) in [5, 5.41) is 0.599. The number of carbonyl (C=O) groups excluding carboxylic acids is 1. The van der Waals surface area contributed by atoms with E-state index in [0.29, 0.717) is 11.2 Å². The third kappa shape index (κ3) is 3.59. The third-order valence-electron chi connectivity index (χ3n) is 2.26. The number of rotatable bonds is 5. The predicted octanol–water partition coefficient (Wildman–Crippen LogP) is 2.14. The van der Waals surface area contributed by atoms with Crippen molar-refractivity contribution in [1.29, 1.82) is 0 Å². The molecule has 0 aromatic rings. The van der Waals surface area contributed by atoms with Gasteiger partial charge in [-0.1, -0.05) is 13.8 Å². The van der Waals surface area contributed by atoms with Crippen molar-refractivity contribution in [3.05, 3.63) is 0 Å². The SMILES string of the molecule is CCCSC(C)CN1CCCC1=O. The predicted molar refractivity (Wildman–Crippen MR) is 58.0 cm³/mol. The molecule has 1 rings (SSSR count). The molecule has 1 amide bonds. The van der Waals surface area contributed by atoms with E-state index in [1.807, 2.05) is 16.7 Å². The Morgan fingerprint density at radius 3 is 2.92 bits per heavy atom. The lowest BCUT2D eigenvalue weighted by molar-refractivity contribution is -0.127. The van der Waals surface area contributed by atoms with Crippen molar-refractivity contribution in [2.24, 2.45) is 0 Å². The highest BCUT2D eigenvalue weighted by atomic mass is 32.2. The van der Waals surface area contributed by atoms with Gasteiger partial charge in [0.2, 0.25) is 5.91 Å². The number of thioether (sulfide) groups is 1. The molecule has 0 aromatic heterocycles. The van der Waals surface area contributed by atoms with Crippen molar-refractivity contribution in [2.75, 3.05) is 18.8 Å². The molecule has 0 bridgehead atoms. The van der Waals surface area contributed by atoms with Gasteiger partial charge in [-0.2, -0.15) is 11.8 Å². The molecule has 1 fully saturated rings. The van der Waals surface area contributed by atoms with Crippen molar-refractivity contribution in [2.45, 2.75) is 38.4 Å². The standard InChI is InChI=1S/C10H19NOS/c1-3-7-13-9(2)8-11-6-4-5-10(11)12/h9H,3-8H2,1-2H3. The molecule has 0 aromatic carbocycles. The van der Waals surface area contributed by atoms with Crippen molar-refractivity contribution in [3.8, 4) is 0 Å². The zero-order chi connectivity index (χ0) is 9.68. The molecule has 0 spiro atoms. The molecule has 1 aliphatic heterocycles. The van der Waals surface area contributed by atoms with Crippen LogP contribution in [0.25, 0.3) is 0 Å². The minimum absolute atomic E-state index is 0.351. The van der Waals surface area contributed by atoms with Crippen LogP contribution in [0.4, 0.5) is 0 Å². The topological polar surface area (TPSA) is 20.3 Å². The maximum Gasteiger partial charge on any atom is 0.222 e. The van der Waals surface area contributed by atoms with Gasteiger partial charge in [-0.25, -0.2) is 0 Å². The first-order valence-corrected chi connectivity index (χ1v) is 6.18. The van der Waals surface area contributed by atoms with Gasteiger partial charge >= 0.3 is 0 Å². The molecule has 0 aliphatic carbocycles. The van der Waals surface area contributed by atoms with Crippen LogP contribution in [0.2, 0.25) is 0 Å². The van der Waals surface area contributed by atoms with E-state index in [0.717, 1.165) is 25.9 Å². The number of nitrogens with zero attached hydrogens (tertiary/aromatic N) is 1. The molecule has 1 atom stereocenters. The van der Waals surface area contributed by atoms with E-state index < -0.39 is 0 Å². The van der Waals surface area contributed by atoms with Gasteiger partial charge in [0.15, 0.2) is 0 Å². The van der Waals surface area contributed by atoms with E-state index in [2.05, 4.69) is 13.8 Å². The summed E-state index contributed by atoms with van der Waals surface area (Å²) < 4.78 is 0. The quantitative estimate of drug-likeness (QED) is 0.679. The van der Waals surface area contributed by atoms with Crippen LogP contribution >= 0.6 is 11.8 Å². The minimum atomic E-state index is 0.351. The maximum atomic E-state index is 11.3. The van der Waals surface area contributed by atoms with Crippen LogP contribution in [-0.2, 0) is 4.79 Å². The molecule has 1 saturated heterocycles. The van der Waals surface area contributed by atoms with Gasteiger partial charge < -0.3 is 4.90 Å². The molecule has 0 radical (unpaired) electrons. The number of hydrogen-bond donors (Lipinski definition) is 0. The smallest absolute Gasteiger partial charge is 0.222 e. The minimum Gasteiger partial charge on any atom is -0.342 e. The molecular formula is C10H19NOS. The summed E-state index contributed by atoms with van der Waals surface area (Å²) in [4.78, 5) is 13.3. The van der Waals surface area contributed by atoms with E-state index in [1.54, 1.807) is 0 Å². The summed E-state index contributed by atoms with van der Waals surface area (Å²) >= 11 is 1.97. The average molecular weight is 201 g/mol. The Morgan fingerprint density at radius 2 is 2.38 bits per heavy atom. The number of likely N-dealkylation sites (tertiary alicyclic amines) is 1. The van der Waals surface area contributed by atoms with Crippen molar-refractivity contribution in [3.63, 3.8) is 0 Å². The van der Waals surface area contributed by atoms with E-state index in [4.69, 9.17) is 0 Å². The highest BCUT2D eigenvalue weighted by molar-refractivity contribution is 7.99. The molecule has 13 heavy (non-hydrogen) atoms. The Hall–Kier alpha value is -0.180. The lowest BCUT2D eigenvalue weighted by atomic mass is 10.4. The van der Waals surface area contributed by atoms with Crippen molar-refractivity contribution < 1.29 is 4.79 Å². The Bertz CT molecular complexity index is 172. The molecule has 0 N–H and O–H groups in total. The molecule has 1 aliphatic rings. The fraction of sp³-hybridized carbons (Fsp3) is 0.900. The van der Waals surface area contributed by atoms with E-state index in [-0.39, 0.29) is 0 Å². The van der Waals surface area contributed by atoms with Crippen molar-refractivity contribution >= 4 is 17.7 Å². The Labute approximate surface area is 85.1 Å². The molecule has 1 heterocycles. The monoisotopic (exact) mass is 201 g/mol. The van der Waals surface area contributed by atoms with Crippen LogP contribution in [0.5, 0.6) is 0 Å². The Balaban J connectivity index is 2.19. The molecule has 1 unspecified atom stereocenters. The van der Waals surface area contributed by atoms with Gasteiger partial charge in [0.05, 0.1) is 0 Å². The second-order valence-corrected chi connectivity index (χ2v) is 5.17. The van der Waals surface area contributed by atoms with Crippen LogP contribution in [-0.4, -0.2) is 34.9 Å². The molecule has 2 nitrogen and oxygen atoms in total. The molecule has 76 valence electrons. The van der Waals surface area contributed by atoms with Crippen LogP contribution < -0.4 is 0 Å². The summed E-state index contributed by atoms with van der Waals surface area (Å²) in [5.74, 6) is 1.56. The largest absolute Gasteiger partial charge is 0.342 e. The van der Waals surface area contributed by atoms with Gasteiger partial charge in [-0.3, -0.25) is 4.79 Å². The van der Waals surface area contributed by atoms with E-state index >= 15 is 0 Å². The van der Waals surface area contributed by atoms with Gasteiger partial charge in [0.1, 0.15) is 0 Å². The van der Waals surface area contributed by atoms with Crippen molar-refractivity contribution in [1.82, 2.24) is 4.90 Å². The Kier molecular flexibility index (Phi) is 4.64. The normalized spacial score (nSPS) is 19.5. The fourth-order valence-electron chi connectivity index (χ4n) is 1.58. The third-order valence-corrected chi connectivity index (χ3v) is 3.62. The summed E-state index contributed by atoms with van der Waals surface area (Å²) in [5.41, 5.74) is 0. The number of carbonyl (C=O) groups is 1. The summed E-state index contributed by atoms with van der Waals surface area (Å²) in [7, 11) is 0. The van der Waals surface area contributed by atoms with Gasteiger partial charge in [0, 0.05) is 24.8 Å². The summed E-state index contributed by atoms with van der Waals surface area (Å²) in [6.07, 6.45) is 3.05. The second kappa shape index (κ2) is 5.53. The van der Waals surface area contributed by atoms with Gasteiger partial charge in [-0.05, 0) is 18.6 Å². The van der Waals surface area contributed by atoms with Crippen LogP contribution in [0, 0.1) is 0 Å². The average Bonchev–Trinajstić information content (AvgIpc) is 2.48. The van der Waals surface area contributed by atoms with E-state index in [9.17, 15) is 4.79 Å². The lowest BCUT2D eigenvalue weighted by Crippen LogP contribution is -2.30. The molecular weight excluding hydrogens is 182 g/mol. The first-order valence-electron chi connectivity index (χ1n) is 5.13. The molecule has 0 saturated carbocycles. The Morgan fingerprint density at radius 1 is 1.62 bits per heavy atom. The molecule has 3 heteroatoms. The highest BCUT2D eigenvalue weighted by Crippen LogP contribution is 2.16. The summed E-state index contributed by atoms with van der Waals surface area (Å²) in [6, 6.07) is 0. The van der Waals surface area contributed by atoms with E-state index in [1.165, 1.54) is 12.2 Å². The zero-order valence-corrected chi connectivity index (χ0v) is 9.40. The number of amides is 1. The first-order chi connectivity index (χ1) is 6.24. The van der Waals surface area contributed by atoms with Crippen LogP contribution in [0.3, 0.4) is 0 Å². The van der Waals surface area contributed by atoms with Gasteiger partial charge in [-0.15, -0.1) is 0 Å². The first kappa shape index (κ1) is 10.9. The fourth-order valence-corrected chi connectivity index (χ4v) is 2.50. The summed E-state index contributed by atoms with van der Waals surface area (Å²) in [6.45, 7) is 6.34. The second-order valence-electron chi connectivity index (χ2n) is 3.62.